The van der Waals surface area contributed by atoms with Gasteiger partial charge in [0.1, 0.15) is 18.1 Å². The van der Waals surface area contributed by atoms with Crippen molar-refractivity contribution in [1.29, 1.82) is 0 Å². The van der Waals surface area contributed by atoms with Gasteiger partial charge in [0.2, 0.25) is 23.6 Å². The number of amides is 4. The summed E-state index contributed by atoms with van der Waals surface area (Å²) < 4.78 is 0. The van der Waals surface area contributed by atoms with Gasteiger partial charge in [0.05, 0.1) is 12.5 Å². The van der Waals surface area contributed by atoms with Crippen LogP contribution in [0.1, 0.15) is 52.4 Å². The van der Waals surface area contributed by atoms with E-state index in [1.807, 2.05) is 0 Å². The molecule has 210 valence electrons. The predicted molar refractivity (Wildman–Crippen MR) is 131 cm³/mol. The van der Waals surface area contributed by atoms with Crippen LogP contribution < -0.4 is 38.9 Å². The quantitative estimate of drug-likeness (QED) is 0.0480. The van der Waals surface area contributed by atoms with Gasteiger partial charge in [0.25, 0.3) is 0 Å². The lowest BCUT2D eigenvalue weighted by Crippen LogP contribution is -2.57. The number of hydrogen-bond acceptors (Lipinski definition) is 8. The normalized spacial score (nSPS) is 13.9. The molecule has 0 spiro atoms. The molecular weight excluding hydrogens is 492 g/mol. The van der Waals surface area contributed by atoms with Crippen LogP contribution in [0.25, 0.3) is 0 Å². The van der Waals surface area contributed by atoms with Crippen molar-refractivity contribution in [1.82, 2.24) is 16.0 Å². The SMILES string of the molecule is CC(C)CC(NC(=O)C(CC(N)=O)NC(=O)C(CCC(=O)O)NC(=O)C(N)CCCN=C(N)N)C(=O)O. The highest BCUT2D eigenvalue weighted by Crippen LogP contribution is 2.07. The number of carboxylic acid groups (broad SMARTS) is 2. The molecule has 4 unspecified atom stereocenters. The summed E-state index contributed by atoms with van der Waals surface area (Å²) in [5.41, 5.74) is 21.4. The van der Waals surface area contributed by atoms with Crippen molar-refractivity contribution in [3.05, 3.63) is 0 Å². The Morgan fingerprint density at radius 1 is 0.811 bits per heavy atom. The Balaban J connectivity index is 5.51. The number of aliphatic imine (C=N–C) groups is 1. The van der Waals surface area contributed by atoms with Gasteiger partial charge in [0.15, 0.2) is 5.96 Å². The molecule has 0 aromatic heterocycles. The summed E-state index contributed by atoms with van der Waals surface area (Å²) in [6.45, 7) is 3.70. The predicted octanol–water partition coefficient (Wildman–Crippen LogP) is -3.31. The molecule has 0 aliphatic carbocycles. The Labute approximate surface area is 214 Å². The summed E-state index contributed by atoms with van der Waals surface area (Å²) in [5.74, 6) is -6.50. The number of guanidine groups is 1. The number of nitrogens with two attached hydrogens (primary N) is 4. The summed E-state index contributed by atoms with van der Waals surface area (Å²) in [5, 5.41) is 25.2. The standard InChI is InChI=1S/C21H38N8O8/c1-10(2)8-14(20(36)37)29-19(35)13(9-15(23)30)28-18(34)12(5-6-16(31)32)27-17(33)11(22)4-3-7-26-21(24)25/h10-14H,3-9,22H2,1-2H3,(H2,23,30)(H,27,33)(H,28,34)(H,29,35)(H,31,32)(H,36,37)(H4,24,25,26). The molecule has 37 heavy (non-hydrogen) atoms. The number of rotatable bonds is 18. The fourth-order valence-corrected chi connectivity index (χ4v) is 3.11. The molecule has 16 nitrogen and oxygen atoms in total. The number of carboxylic acids is 2. The Morgan fingerprint density at radius 2 is 1.35 bits per heavy atom. The summed E-state index contributed by atoms with van der Waals surface area (Å²) in [7, 11) is 0. The first kappa shape index (κ1) is 33.0. The van der Waals surface area contributed by atoms with Crippen molar-refractivity contribution in [3.63, 3.8) is 0 Å². The van der Waals surface area contributed by atoms with Gasteiger partial charge < -0.3 is 49.1 Å². The Kier molecular flexibility index (Phi) is 14.9. The van der Waals surface area contributed by atoms with Crippen LogP contribution in [0.3, 0.4) is 0 Å². The van der Waals surface area contributed by atoms with Gasteiger partial charge >= 0.3 is 11.9 Å². The van der Waals surface area contributed by atoms with Gasteiger partial charge in [-0.2, -0.15) is 0 Å². The first-order valence-corrected chi connectivity index (χ1v) is 11.6. The second-order valence-corrected chi connectivity index (χ2v) is 8.81. The molecule has 0 aliphatic heterocycles. The first-order valence-electron chi connectivity index (χ1n) is 11.6. The zero-order chi connectivity index (χ0) is 28.7. The van der Waals surface area contributed by atoms with E-state index < -0.39 is 72.6 Å². The van der Waals surface area contributed by atoms with Crippen LogP contribution in [0.15, 0.2) is 4.99 Å². The lowest BCUT2D eigenvalue weighted by atomic mass is 10.0. The molecule has 0 saturated carbocycles. The zero-order valence-corrected chi connectivity index (χ0v) is 20.9. The summed E-state index contributed by atoms with van der Waals surface area (Å²) >= 11 is 0. The fraction of sp³-hybridized carbons (Fsp3) is 0.667. The van der Waals surface area contributed by atoms with E-state index in [1.54, 1.807) is 13.8 Å². The molecule has 0 aromatic carbocycles. The molecule has 0 radical (unpaired) electrons. The molecule has 16 heteroatoms. The van der Waals surface area contributed by atoms with Gasteiger partial charge in [-0.25, -0.2) is 4.79 Å². The Morgan fingerprint density at radius 3 is 1.84 bits per heavy atom. The molecule has 4 amide bonds. The molecular formula is C21H38N8O8. The van der Waals surface area contributed by atoms with Crippen molar-refractivity contribution >= 4 is 41.5 Å². The highest BCUT2D eigenvalue weighted by atomic mass is 16.4. The van der Waals surface area contributed by atoms with E-state index in [-0.39, 0.29) is 37.7 Å². The molecule has 0 aliphatic rings. The number of hydrogen-bond donors (Lipinski definition) is 9. The highest BCUT2D eigenvalue weighted by molar-refractivity contribution is 5.96. The van der Waals surface area contributed by atoms with E-state index in [4.69, 9.17) is 28.0 Å². The fourth-order valence-electron chi connectivity index (χ4n) is 3.11. The lowest BCUT2D eigenvalue weighted by Gasteiger charge is -2.25. The third-order valence-corrected chi connectivity index (χ3v) is 4.94. The average Bonchev–Trinajstić information content (AvgIpc) is 2.76. The minimum Gasteiger partial charge on any atom is -0.481 e. The van der Waals surface area contributed by atoms with Crippen molar-refractivity contribution in [2.45, 2.75) is 76.5 Å². The van der Waals surface area contributed by atoms with Crippen LogP contribution >= 0.6 is 0 Å². The number of primary amides is 1. The van der Waals surface area contributed by atoms with Crippen LogP contribution in [0, 0.1) is 5.92 Å². The average molecular weight is 531 g/mol. The number of nitrogens with one attached hydrogen (secondary N) is 3. The van der Waals surface area contributed by atoms with Gasteiger partial charge in [-0.3, -0.25) is 29.0 Å². The zero-order valence-electron chi connectivity index (χ0n) is 20.9. The topological polar surface area (TPSA) is 295 Å². The Bertz CT molecular complexity index is 859. The smallest absolute Gasteiger partial charge is 0.326 e. The number of aliphatic carboxylic acids is 2. The second-order valence-electron chi connectivity index (χ2n) is 8.81. The van der Waals surface area contributed by atoms with Gasteiger partial charge in [-0.05, 0) is 31.6 Å². The van der Waals surface area contributed by atoms with Gasteiger partial charge in [-0.1, -0.05) is 13.8 Å². The summed E-state index contributed by atoms with van der Waals surface area (Å²) in [6.07, 6.45) is -0.967. The van der Waals surface area contributed by atoms with Crippen molar-refractivity contribution < 1.29 is 39.0 Å². The highest BCUT2D eigenvalue weighted by Gasteiger charge is 2.31. The van der Waals surface area contributed by atoms with Crippen molar-refractivity contribution in [2.75, 3.05) is 6.54 Å². The summed E-state index contributed by atoms with van der Waals surface area (Å²) in [6, 6.07) is -5.37. The van der Waals surface area contributed by atoms with Crippen LogP contribution in [0.4, 0.5) is 0 Å². The van der Waals surface area contributed by atoms with Gasteiger partial charge in [-0.15, -0.1) is 0 Å². The molecule has 0 heterocycles. The number of carbonyl (C=O) groups excluding carboxylic acids is 4. The maximum absolute atomic E-state index is 12.9. The maximum atomic E-state index is 12.9. The minimum atomic E-state index is -1.57. The molecule has 13 N–H and O–H groups in total. The first-order chi connectivity index (χ1) is 17.1. The third kappa shape index (κ3) is 14.9. The monoisotopic (exact) mass is 530 g/mol. The molecule has 0 rings (SSSR count). The van der Waals surface area contributed by atoms with E-state index in [9.17, 15) is 33.9 Å². The number of nitrogens with zero attached hydrogens (tertiary/aromatic N) is 1. The minimum absolute atomic E-state index is 0.0800. The second kappa shape index (κ2) is 16.7. The van der Waals surface area contributed by atoms with E-state index in [0.29, 0.717) is 6.42 Å². The van der Waals surface area contributed by atoms with Crippen LogP contribution in [0.5, 0.6) is 0 Å². The van der Waals surface area contributed by atoms with Crippen LogP contribution in [0.2, 0.25) is 0 Å². The molecule has 4 atom stereocenters. The lowest BCUT2D eigenvalue weighted by molar-refractivity contribution is -0.143. The van der Waals surface area contributed by atoms with Crippen LogP contribution in [-0.2, 0) is 28.8 Å². The molecule has 0 fully saturated rings. The Hall–Kier alpha value is -3.95. The molecule has 0 saturated heterocycles. The largest absolute Gasteiger partial charge is 0.481 e. The third-order valence-electron chi connectivity index (χ3n) is 4.94. The molecule has 0 bridgehead atoms. The van der Waals surface area contributed by atoms with Crippen LogP contribution in [-0.4, -0.2) is 82.5 Å². The van der Waals surface area contributed by atoms with E-state index in [0.717, 1.165) is 0 Å². The number of carbonyl (C=O) groups is 6. The van der Waals surface area contributed by atoms with E-state index in [2.05, 4.69) is 20.9 Å². The van der Waals surface area contributed by atoms with E-state index in [1.165, 1.54) is 0 Å². The summed E-state index contributed by atoms with van der Waals surface area (Å²) in [4.78, 5) is 75.8. The van der Waals surface area contributed by atoms with Crippen molar-refractivity contribution in [3.8, 4) is 0 Å². The van der Waals surface area contributed by atoms with E-state index >= 15 is 0 Å². The van der Waals surface area contributed by atoms with Crippen molar-refractivity contribution in [2.24, 2.45) is 33.8 Å². The molecule has 0 aromatic rings. The van der Waals surface area contributed by atoms with Gasteiger partial charge in [0, 0.05) is 13.0 Å². The maximum Gasteiger partial charge on any atom is 0.326 e.